The summed E-state index contributed by atoms with van der Waals surface area (Å²) in [6.45, 7) is 12.7. The Morgan fingerprint density at radius 1 is 0.705 bits per heavy atom. The van der Waals surface area contributed by atoms with Crippen molar-refractivity contribution in [3.05, 3.63) is 131 Å². The predicted molar refractivity (Wildman–Crippen MR) is 179 cm³/mol. The fourth-order valence-electron chi connectivity index (χ4n) is 5.30. The maximum atomic E-state index is 17.0. The first-order chi connectivity index (χ1) is 20.5. The first-order valence-corrected chi connectivity index (χ1v) is 17.5. The average Bonchev–Trinajstić information content (AvgIpc) is 2.97. The second-order valence-electron chi connectivity index (χ2n) is 12.9. The van der Waals surface area contributed by atoms with Crippen LogP contribution in [-0.2, 0) is 10.0 Å². The molecule has 4 rings (SSSR count). The molecule has 2 unspecified atom stereocenters. The van der Waals surface area contributed by atoms with Crippen molar-refractivity contribution in [2.75, 3.05) is 0 Å². The van der Waals surface area contributed by atoms with Crippen molar-refractivity contribution in [3.63, 3.8) is 0 Å². The zero-order valence-corrected chi connectivity index (χ0v) is 28.0. The fourth-order valence-corrected chi connectivity index (χ4v) is 9.27. The number of carbonyl (C=O) groups excluding carboxylic acids is 1. The summed E-state index contributed by atoms with van der Waals surface area (Å²) in [5, 5.41) is 0. The van der Waals surface area contributed by atoms with Crippen LogP contribution >= 0.6 is 10.7 Å². The maximum absolute atomic E-state index is 17.0. The minimum atomic E-state index is -4.06. The van der Waals surface area contributed by atoms with Crippen LogP contribution in [0.2, 0.25) is 0 Å². The predicted octanol–water partition coefficient (Wildman–Crippen LogP) is 9.26. The number of ketones is 1. The highest BCUT2D eigenvalue weighted by Gasteiger charge is 2.50. The Hall–Kier alpha value is -3.46. The monoisotopic (exact) mass is 635 g/mol. The van der Waals surface area contributed by atoms with Crippen molar-refractivity contribution in [3.8, 4) is 5.75 Å². The molecule has 234 valence electrons. The van der Waals surface area contributed by atoms with Gasteiger partial charge in [0, 0.05) is 0 Å². The Labute approximate surface area is 263 Å². The molecule has 0 heterocycles. The van der Waals surface area contributed by atoms with Gasteiger partial charge in [-0.05, 0) is 83.9 Å². The van der Waals surface area contributed by atoms with Crippen molar-refractivity contribution in [1.29, 1.82) is 0 Å². The third-order valence-electron chi connectivity index (χ3n) is 7.48. The number of aryl methyl sites for hydroxylation is 1. The van der Waals surface area contributed by atoms with Gasteiger partial charge in [-0.15, -0.1) is 0 Å². The molecule has 0 aliphatic carbocycles. The fraction of sp³-hybridized carbons (Fsp3) is 0.306. The molecule has 8 heteroatoms. The van der Waals surface area contributed by atoms with Crippen molar-refractivity contribution in [2.24, 2.45) is 0 Å². The molecular weight excluding hydrogens is 594 g/mol. The Bertz CT molecular complexity index is 1660. The lowest BCUT2D eigenvalue weighted by molar-refractivity contribution is 0.0942. The molecular formula is C36H42FNO4S2. The Balaban J connectivity index is 1.89. The van der Waals surface area contributed by atoms with Crippen molar-refractivity contribution >= 4 is 26.5 Å². The summed E-state index contributed by atoms with van der Waals surface area (Å²) in [5.41, 5.74) is 2.32. The summed E-state index contributed by atoms with van der Waals surface area (Å²) in [7, 11) is -7.34. The molecule has 0 saturated heterocycles. The third kappa shape index (κ3) is 7.09. The number of carbonyl (C=O) groups is 1. The quantitative estimate of drug-likeness (QED) is 0.176. The van der Waals surface area contributed by atoms with Crippen LogP contribution in [0.5, 0.6) is 5.75 Å². The SMILES string of the molecule is Cc1ccc(S(=O)(=O)NC(c2ccccc2)C(C(=O)c2ccccc2OS(F)(C(C)(C)C)C(C)(C)C)c2ccccc2)cc1. The van der Waals surface area contributed by atoms with Crippen LogP contribution in [-0.4, -0.2) is 23.7 Å². The molecule has 0 spiro atoms. The molecule has 44 heavy (non-hydrogen) atoms. The lowest BCUT2D eigenvalue weighted by atomic mass is 9.82. The van der Waals surface area contributed by atoms with Crippen molar-refractivity contribution in [2.45, 2.75) is 74.8 Å². The highest BCUT2D eigenvalue weighted by molar-refractivity contribution is 8.28. The largest absolute Gasteiger partial charge is 0.419 e. The van der Waals surface area contributed by atoms with Crippen LogP contribution in [0.4, 0.5) is 3.89 Å². The minimum absolute atomic E-state index is 0.0909. The Morgan fingerprint density at radius 2 is 1.18 bits per heavy atom. The molecule has 0 aromatic heterocycles. The van der Waals surface area contributed by atoms with E-state index >= 15 is 3.89 Å². The average molecular weight is 636 g/mol. The topological polar surface area (TPSA) is 72.5 Å². The number of Topliss-reactive ketones (excluding diaryl/α,β-unsaturated/α-hetero) is 1. The molecule has 0 bridgehead atoms. The molecule has 0 radical (unpaired) electrons. The number of rotatable bonds is 10. The van der Waals surface area contributed by atoms with E-state index in [1.807, 2.05) is 31.2 Å². The summed E-state index contributed by atoms with van der Waals surface area (Å²) in [6, 6.07) is 30.3. The summed E-state index contributed by atoms with van der Waals surface area (Å²) in [5.74, 6) is -1.26. The zero-order valence-electron chi connectivity index (χ0n) is 26.4. The van der Waals surface area contributed by atoms with E-state index in [4.69, 9.17) is 4.18 Å². The van der Waals surface area contributed by atoms with Gasteiger partial charge >= 0.3 is 0 Å². The number of hydrogen-bond acceptors (Lipinski definition) is 4. The van der Waals surface area contributed by atoms with Crippen LogP contribution in [0.1, 0.15) is 80.6 Å². The molecule has 0 aliphatic heterocycles. The first kappa shape index (κ1) is 33.4. The van der Waals surface area contributed by atoms with Gasteiger partial charge < -0.3 is 4.18 Å². The summed E-state index contributed by atoms with van der Waals surface area (Å²) < 4.78 is 52.0. The van der Waals surface area contributed by atoms with Crippen LogP contribution in [0.15, 0.2) is 114 Å². The second kappa shape index (κ2) is 12.9. The molecule has 2 atom stereocenters. The van der Waals surface area contributed by atoms with E-state index in [0.717, 1.165) is 5.56 Å². The highest BCUT2D eigenvalue weighted by atomic mass is 32.3. The third-order valence-corrected chi connectivity index (χ3v) is 12.5. The van der Waals surface area contributed by atoms with Gasteiger partial charge in [0.05, 0.1) is 42.6 Å². The van der Waals surface area contributed by atoms with Gasteiger partial charge in [-0.2, -0.15) is 3.89 Å². The molecule has 0 saturated carbocycles. The number of para-hydroxylation sites is 1. The van der Waals surface area contributed by atoms with E-state index in [0.29, 0.717) is 11.1 Å². The van der Waals surface area contributed by atoms with Crippen LogP contribution in [0.25, 0.3) is 0 Å². The van der Waals surface area contributed by atoms with Crippen molar-refractivity contribution < 1.29 is 21.3 Å². The molecule has 0 fully saturated rings. The smallest absolute Gasteiger partial charge is 0.241 e. The van der Waals surface area contributed by atoms with Gasteiger partial charge in [-0.25, -0.2) is 13.1 Å². The Morgan fingerprint density at radius 3 is 1.70 bits per heavy atom. The normalized spacial score (nSPS) is 14.5. The van der Waals surface area contributed by atoms with Crippen LogP contribution < -0.4 is 8.91 Å². The van der Waals surface area contributed by atoms with Gasteiger partial charge in [0.15, 0.2) is 5.78 Å². The van der Waals surface area contributed by atoms with Gasteiger partial charge in [0.2, 0.25) is 10.0 Å². The number of benzene rings is 4. The molecule has 0 amide bonds. The van der Waals surface area contributed by atoms with E-state index in [1.54, 1.807) is 126 Å². The van der Waals surface area contributed by atoms with Crippen LogP contribution in [0.3, 0.4) is 0 Å². The van der Waals surface area contributed by atoms with E-state index < -0.39 is 48.0 Å². The van der Waals surface area contributed by atoms with E-state index in [-0.39, 0.29) is 16.2 Å². The summed E-state index contributed by atoms with van der Waals surface area (Å²) in [4.78, 5) is 14.9. The lowest BCUT2D eigenvalue weighted by Crippen LogP contribution is -2.39. The number of hydrogen-bond donors (Lipinski definition) is 1. The number of nitrogens with one attached hydrogen (secondary N) is 1. The van der Waals surface area contributed by atoms with E-state index in [1.165, 1.54) is 0 Å². The van der Waals surface area contributed by atoms with Crippen LogP contribution in [0, 0.1) is 6.92 Å². The van der Waals surface area contributed by atoms with Gasteiger partial charge in [-0.1, -0.05) is 90.5 Å². The molecule has 5 nitrogen and oxygen atoms in total. The molecule has 1 N–H and O–H groups in total. The number of sulfonamides is 1. The first-order valence-electron chi connectivity index (χ1n) is 14.6. The summed E-state index contributed by atoms with van der Waals surface area (Å²) >= 11 is 0. The van der Waals surface area contributed by atoms with E-state index in [9.17, 15) is 13.2 Å². The second-order valence-corrected chi connectivity index (χ2v) is 18.2. The lowest BCUT2D eigenvalue weighted by Gasteiger charge is -2.50. The minimum Gasteiger partial charge on any atom is -0.419 e. The summed E-state index contributed by atoms with van der Waals surface area (Å²) in [6.07, 6.45) is 0. The maximum Gasteiger partial charge on any atom is 0.241 e. The van der Waals surface area contributed by atoms with Gasteiger partial charge in [0.25, 0.3) is 0 Å². The van der Waals surface area contributed by atoms with Gasteiger partial charge in [0.1, 0.15) is 5.75 Å². The van der Waals surface area contributed by atoms with Crippen molar-refractivity contribution in [1.82, 2.24) is 4.72 Å². The number of halogens is 1. The molecule has 0 aliphatic rings. The molecule has 4 aromatic carbocycles. The highest BCUT2D eigenvalue weighted by Crippen LogP contribution is 2.69. The van der Waals surface area contributed by atoms with Gasteiger partial charge in [-0.3, -0.25) is 4.79 Å². The standard InChI is InChI=1S/C36H42FNO4S2/c1-26-22-24-29(25-23-26)43(40,41)38-33(28-18-12-9-13-19-28)32(27-16-10-8-11-17-27)34(39)30-20-14-15-21-31(30)42-44(37,35(2,3)4)36(5,6)7/h8-25,32-33,38H,1-7H3. The molecule has 4 aromatic rings. The van der Waals surface area contributed by atoms with E-state index in [2.05, 4.69) is 4.72 Å². The zero-order chi connectivity index (χ0) is 32.3. The Kier molecular flexibility index (Phi) is 9.78.